The van der Waals surface area contributed by atoms with Gasteiger partial charge in [0.2, 0.25) is 0 Å². The van der Waals surface area contributed by atoms with Crippen molar-refractivity contribution in [2.24, 2.45) is 5.16 Å². The van der Waals surface area contributed by atoms with Crippen LogP contribution in [0.3, 0.4) is 0 Å². The van der Waals surface area contributed by atoms with Crippen LogP contribution in [0.15, 0.2) is 41.6 Å². The molecule has 0 aromatic heterocycles. The molecule has 2 rings (SSSR count). The summed E-state index contributed by atoms with van der Waals surface area (Å²) in [7, 11) is 0. The summed E-state index contributed by atoms with van der Waals surface area (Å²) in [5.74, 6) is 1.36. The van der Waals surface area contributed by atoms with Gasteiger partial charge >= 0.3 is 0 Å². The molecule has 2 aromatic carbocycles. The van der Waals surface area contributed by atoms with E-state index in [1.165, 1.54) is 11.8 Å². The summed E-state index contributed by atoms with van der Waals surface area (Å²) < 4.78 is 12.5. The Labute approximate surface area is 143 Å². The summed E-state index contributed by atoms with van der Waals surface area (Å²) in [6.07, 6.45) is 1.37. The van der Waals surface area contributed by atoms with Crippen LogP contribution >= 0.6 is 22.6 Å². The topological polar surface area (TPSA) is 51.0 Å². The SMILES string of the molecule is CCOc1cc(C=NO)cc(I)c1OCc1ccc(C)cc1. The zero-order chi connectivity index (χ0) is 15.9. The fourth-order valence-electron chi connectivity index (χ4n) is 1.97. The third-order valence-electron chi connectivity index (χ3n) is 3.04. The third-order valence-corrected chi connectivity index (χ3v) is 3.84. The Morgan fingerprint density at radius 2 is 1.91 bits per heavy atom. The predicted octanol–water partition coefficient (Wildman–Crippen LogP) is 4.39. The van der Waals surface area contributed by atoms with Gasteiger partial charge in [-0.05, 0) is 54.1 Å². The molecule has 2 aromatic rings. The average molecular weight is 411 g/mol. The summed E-state index contributed by atoms with van der Waals surface area (Å²) in [6, 6.07) is 11.9. The lowest BCUT2D eigenvalue weighted by molar-refractivity contribution is 0.267. The van der Waals surface area contributed by atoms with Gasteiger partial charge < -0.3 is 14.7 Å². The zero-order valence-electron chi connectivity index (χ0n) is 12.5. The van der Waals surface area contributed by atoms with Gasteiger partial charge in [0.15, 0.2) is 11.5 Å². The van der Waals surface area contributed by atoms with Crippen molar-refractivity contribution in [2.45, 2.75) is 20.5 Å². The van der Waals surface area contributed by atoms with Crippen LogP contribution in [-0.2, 0) is 6.61 Å². The van der Waals surface area contributed by atoms with E-state index in [2.05, 4.69) is 58.9 Å². The van der Waals surface area contributed by atoms with Gasteiger partial charge in [0.05, 0.1) is 16.4 Å². The minimum absolute atomic E-state index is 0.476. The second kappa shape index (κ2) is 8.03. The quantitative estimate of drug-likeness (QED) is 0.332. The van der Waals surface area contributed by atoms with Crippen molar-refractivity contribution in [3.63, 3.8) is 0 Å². The highest BCUT2D eigenvalue weighted by atomic mass is 127. The molecule has 0 heterocycles. The molecule has 0 saturated heterocycles. The first-order chi connectivity index (χ1) is 10.6. The maximum atomic E-state index is 8.67. The number of ether oxygens (including phenoxy) is 2. The first-order valence-corrected chi connectivity index (χ1v) is 8.04. The normalized spacial score (nSPS) is 10.9. The fraction of sp³-hybridized carbons (Fsp3) is 0.235. The molecule has 0 saturated carbocycles. The first kappa shape index (κ1) is 16.6. The van der Waals surface area contributed by atoms with Crippen LogP contribution in [0.2, 0.25) is 0 Å². The molecule has 0 aliphatic carbocycles. The maximum absolute atomic E-state index is 8.67. The first-order valence-electron chi connectivity index (χ1n) is 6.96. The monoisotopic (exact) mass is 411 g/mol. The number of hydrogen-bond donors (Lipinski definition) is 1. The van der Waals surface area contributed by atoms with Crippen molar-refractivity contribution in [3.8, 4) is 11.5 Å². The average Bonchev–Trinajstić information content (AvgIpc) is 2.49. The smallest absolute Gasteiger partial charge is 0.175 e. The Morgan fingerprint density at radius 3 is 2.55 bits per heavy atom. The van der Waals surface area contributed by atoms with Crippen LogP contribution in [0.5, 0.6) is 11.5 Å². The van der Waals surface area contributed by atoms with Gasteiger partial charge in [0.1, 0.15) is 6.61 Å². The van der Waals surface area contributed by atoms with Crippen LogP contribution in [0, 0.1) is 10.5 Å². The Kier molecular flexibility index (Phi) is 6.06. The van der Waals surface area contributed by atoms with Gasteiger partial charge in [-0.1, -0.05) is 35.0 Å². The number of rotatable bonds is 6. The lowest BCUT2D eigenvalue weighted by Crippen LogP contribution is -2.02. The highest BCUT2D eigenvalue weighted by molar-refractivity contribution is 14.1. The van der Waals surface area contributed by atoms with E-state index >= 15 is 0 Å². The van der Waals surface area contributed by atoms with E-state index in [0.29, 0.717) is 24.7 Å². The van der Waals surface area contributed by atoms with Crippen molar-refractivity contribution >= 4 is 28.8 Å². The number of hydrogen-bond acceptors (Lipinski definition) is 4. The summed E-state index contributed by atoms with van der Waals surface area (Å²) in [5, 5.41) is 11.7. The molecule has 0 bridgehead atoms. The lowest BCUT2D eigenvalue weighted by atomic mass is 10.2. The summed E-state index contributed by atoms with van der Waals surface area (Å²) in [5.41, 5.74) is 3.09. The Bertz CT molecular complexity index is 654. The van der Waals surface area contributed by atoms with E-state index in [1.54, 1.807) is 6.07 Å². The lowest BCUT2D eigenvalue weighted by Gasteiger charge is -2.14. The molecule has 22 heavy (non-hydrogen) atoms. The molecule has 0 aliphatic heterocycles. The molecule has 0 unspecified atom stereocenters. The molecular formula is C17H18INO3. The number of aryl methyl sites for hydroxylation is 1. The standard InChI is InChI=1S/C17H18INO3/c1-3-21-16-9-14(10-19-20)8-15(18)17(16)22-11-13-6-4-12(2)5-7-13/h4-10,20H,3,11H2,1-2H3. The van der Waals surface area contributed by atoms with Crippen molar-refractivity contribution in [1.82, 2.24) is 0 Å². The minimum Gasteiger partial charge on any atom is -0.490 e. The van der Waals surface area contributed by atoms with Crippen LogP contribution in [0.25, 0.3) is 0 Å². The van der Waals surface area contributed by atoms with Crippen LogP contribution in [0.1, 0.15) is 23.6 Å². The van der Waals surface area contributed by atoms with E-state index in [4.69, 9.17) is 14.7 Å². The molecule has 0 spiro atoms. The van der Waals surface area contributed by atoms with Gasteiger partial charge in [-0.25, -0.2) is 0 Å². The van der Waals surface area contributed by atoms with Gasteiger partial charge in [0, 0.05) is 5.56 Å². The summed E-state index contributed by atoms with van der Waals surface area (Å²) in [4.78, 5) is 0. The molecule has 1 N–H and O–H groups in total. The van der Waals surface area contributed by atoms with Gasteiger partial charge in [-0.2, -0.15) is 0 Å². The number of oxime groups is 1. The molecular weight excluding hydrogens is 393 g/mol. The van der Waals surface area contributed by atoms with E-state index < -0.39 is 0 Å². The second-order valence-corrected chi connectivity index (χ2v) is 5.94. The summed E-state index contributed by atoms with van der Waals surface area (Å²) in [6.45, 7) is 4.99. The number of benzene rings is 2. The van der Waals surface area contributed by atoms with E-state index in [-0.39, 0.29) is 0 Å². The predicted molar refractivity (Wildman–Crippen MR) is 95.2 cm³/mol. The minimum atomic E-state index is 0.476. The maximum Gasteiger partial charge on any atom is 0.175 e. The zero-order valence-corrected chi connectivity index (χ0v) is 14.7. The molecule has 0 fully saturated rings. The Hall–Kier alpha value is -1.76. The molecule has 0 radical (unpaired) electrons. The number of halogens is 1. The molecule has 5 heteroatoms. The van der Waals surface area contributed by atoms with E-state index in [0.717, 1.165) is 14.7 Å². The van der Waals surface area contributed by atoms with Crippen molar-refractivity contribution in [1.29, 1.82) is 0 Å². The molecule has 116 valence electrons. The highest BCUT2D eigenvalue weighted by Crippen LogP contribution is 2.34. The van der Waals surface area contributed by atoms with Gasteiger partial charge in [0.25, 0.3) is 0 Å². The molecule has 0 amide bonds. The van der Waals surface area contributed by atoms with Gasteiger partial charge in [-0.3, -0.25) is 0 Å². The van der Waals surface area contributed by atoms with Crippen LogP contribution in [-0.4, -0.2) is 18.0 Å². The molecule has 0 aliphatic rings. The third kappa shape index (κ3) is 4.37. The Balaban J connectivity index is 2.22. The van der Waals surface area contributed by atoms with Crippen molar-refractivity contribution in [3.05, 3.63) is 56.7 Å². The molecule has 0 atom stereocenters. The fourth-order valence-corrected chi connectivity index (χ4v) is 2.75. The van der Waals surface area contributed by atoms with Crippen molar-refractivity contribution in [2.75, 3.05) is 6.61 Å². The van der Waals surface area contributed by atoms with Crippen molar-refractivity contribution < 1.29 is 14.7 Å². The van der Waals surface area contributed by atoms with Crippen LogP contribution in [0.4, 0.5) is 0 Å². The van der Waals surface area contributed by atoms with Crippen LogP contribution < -0.4 is 9.47 Å². The second-order valence-electron chi connectivity index (χ2n) is 4.78. The molecule has 4 nitrogen and oxygen atoms in total. The number of nitrogens with zero attached hydrogens (tertiary/aromatic N) is 1. The highest BCUT2D eigenvalue weighted by Gasteiger charge is 2.12. The van der Waals surface area contributed by atoms with Gasteiger partial charge in [-0.15, -0.1) is 0 Å². The summed E-state index contributed by atoms with van der Waals surface area (Å²) >= 11 is 2.19. The van der Waals surface area contributed by atoms with E-state index in [1.807, 2.05) is 13.0 Å². The van der Waals surface area contributed by atoms with E-state index in [9.17, 15) is 0 Å². The Morgan fingerprint density at radius 1 is 1.18 bits per heavy atom. The largest absolute Gasteiger partial charge is 0.490 e.